The van der Waals surface area contributed by atoms with Crippen LogP contribution in [0.25, 0.3) is 0 Å². The molecule has 2 rings (SSSR count). The summed E-state index contributed by atoms with van der Waals surface area (Å²) in [5, 5.41) is 43.8. The van der Waals surface area contributed by atoms with Crippen molar-refractivity contribution in [1.82, 2.24) is 5.32 Å². The van der Waals surface area contributed by atoms with Gasteiger partial charge in [0, 0.05) is 26.4 Å². The van der Waals surface area contributed by atoms with E-state index in [0.717, 1.165) is 0 Å². The Balaban J connectivity index is 0.00000392. The molecule has 0 radical (unpaired) electrons. The average Bonchev–Trinajstić information content (AvgIpc) is 2.60. The van der Waals surface area contributed by atoms with Crippen LogP contribution < -0.4 is 40.0 Å². The van der Waals surface area contributed by atoms with Crippen LogP contribution in [0.4, 0.5) is 0 Å². The molecular formula is C16H26NNaO10. The molecule has 3 unspecified atom stereocenters. The van der Waals surface area contributed by atoms with E-state index in [2.05, 4.69) is 5.32 Å². The quantitative estimate of drug-likeness (QED) is 0.306. The van der Waals surface area contributed by atoms with Crippen molar-refractivity contribution >= 4 is 11.9 Å². The van der Waals surface area contributed by atoms with E-state index in [0.29, 0.717) is 0 Å². The molecule has 11 nitrogen and oxygen atoms in total. The fourth-order valence-corrected chi connectivity index (χ4v) is 3.31. The summed E-state index contributed by atoms with van der Waals surface area (Å²) < 4.78 is 21.7. The van der Waals surface area contributed by atoms with Gasteiger partial charge in [-0.25, -0.2) is 0 Å². The number of carbonyl (C=O) groups excluding carboxylic acids is 2. The van der Waals surface area contributed by atoms with Crippen molar-refractivity contribution in [2.75, 3.05) is 13.7 Å². The van der Waals surface area contributed by atoms with E-state index in [4.69, 9.17) is 18.9 Å². The van der Waals surface area contributed by atoms with Gasteiger partial charge in [-0.05, 0) is 0 Å². The van der Waals surface area contributed by atoms with E-state index < -0.39 is 73.5 Å². The molecule has 2 heterocycles. The van der Waals surface area contributed by atoms with Gasteiger partial charge < -0.3 is 49.5 Å². The Morgan fingerprint density at radius 1 is 1.29 bits per heavy atom. The summed E-state index contributed by atoms with van der Waals surface area (Å²) in [7, 11) is 1.32. The van der Waals surface area contributed by atoms with Crippen LogP contribution in [0.15, 0.2) is 0 Å². The van der Waals surface area contributed by atoms with Gasteiger partial charge in [0.1, 0.15) is 30.5 Å². The number of amides is 1. The number of aliphatic hydroxyl groups is 3. The van der Waals surface area contributed by atoms with E-state index >= 15 is 0 Å². The molecule has 1 amide bonds. The minimum atomic E-state index is -1.50. The molecule has 0 aromatic rings. The standard InChI is InChI=1S/C16H27NO10.Na/c1-6-8(20)4-10(26-13(6)15(22)23)27-14-11(17-7(2)19)16(24-3)25-9(5-18)12(14)21;/h6,8-14,16,18,20-21H,4-5H2,1-3H3,(H,17,19)(H,22,23);/q;+1/p-1/t6-,8+,9?,10-,11?,12+,13?,14+,16+;/m0./s1. The second-order valence-corrected chi connectivity index (χ2v) is 6.75. The molecule has 4 N–H and O–H groups in total. The van der Waals surface area contributed by atoms with Crippen molar-refractivity contribution in [3.8, 4) is 0 Å². The molecule has 2 aliphatic rings. The molecule has 0 spiro atoms. The summed E-state index contributed by atoms with van der Waals surface area (Å²) in [5.41, 5.74) is 0. The average molecular weight is 415 g/mol. The van der Waals surface area contributed by atoms with Gasteiger partial charge in [-0.3, -0.25) is 4.79 Å². The van der Waals surface area contributed by atoms with Crippen LogP contribution in [0.5, 0.6) is 0 Å². The van der Waals surface area contributed by atoms with Gasteiger partial charge in [0.2, 0.25) is 5.91 Å². The predicted octanol–water partition coefficient (Wildman–Crippen LogP) is -6.53. The zero-order valence-corrected chi connectivity index (χ0v) is 18.3. The smallest absolute Gasteiger partial charge is 0.547 e. The molecule has 0 bridgehead atoms. The summed E-state index contributed by atoms with van der Waals surface area (Å²) in [5.74, 6) is -2.65. The number of hydrogen-bond donors (Lipinski definition) is 4. The number of nitrogens with one attached hydrogen (secondary N) is 1. The van der Waals surface area contributed by atoms with Gasteiger partial charge in [-0.15, -0.1) is 0 Å². The normalized spacial score (nSPS) is 41.0. The Hall–Kier alpha value is -0.340. The number of rotatable bonds is 6. The van der Waals surface area contributed by atoms with Crippen molar-refractivity contribution in [1.29, 1.82) is 0 Å². The van der Waals surface area contributed by atoms with Gasteiger partial charge in [-0.2, -0.15) is 0 Å². The second kappa shape index (κ2) is 11.2. The topological polar surface area (TPSA) is 167 Å². The molecule has 0 aromatic carbocycles. The fraction of sp³-hybridized carbons (Fsp3) is 0.875. The number of carboxylic acid groups (broad SMARTS) is 1. The van der Waals surface area contributed by atoms with Crippen LogP contribution in [0, 0.1) is 5.92 Å². The molecule has 2 fully saturated rings. The maximum atomic E-state index is 11.5. The van der Waals surface area contributed by atoms with Gasteiger partial charge in [0.25, 0.3) is 0 Å². The van der Waals surface area contributed by atoms with Crippen molar-refractivity contribution in [3.63, 3.8) is 0 Å². The molecule has 0 aliphatic carbocycles. The molecule has 0 aromatic heterocycles. The number of aliphatic carboxylic acids is 1. The van der Waals surface area contributed by atoms with Gasteiger partial charge >= 0.3 is 29.6 Å². The van der Waals surface area contributed by atoms with E-state index in [9.17, 15) is 30.0 Å². The predicted molar refractivity (Wildman–Crippen MR) is 84.7 cm³/mol. The third kappa shape index (κ3) is 5.85. The molecule has 156 valence electrons. The first-order chi connectivity index (χ1) is 12.7. The first-order valence-corrected chi connectivity index (χ1v) is 8.63. The Labute approximate surface area is 184 Å². The summed E-state index contributed by atoms with van der Waals surface area (Å²) in [4.78, 5) is 22.8. The number of carbonyl (C=O) groups is 2. The number of ether oxygens (including phenoxy) is 4. The molecule has 12 heteroatoms. The molecule has 2 aliphatic heterocycles. The van der Waals surface area contributed by atoms with E-state index in [1.165, 1.54) is 21.0 Å². The zero-order valence-electron chi connectivity index (χ0n) is 16.3. The maximum absolute atomic E-state index is 11.5. The number of carboxylic acids is 1. The summed E-state index contributed by atoms with van der Waals surface area (Å²) >= 11 is 0. The fourth-order valence-electron chi connectivity index (χ4n) is 3.31. The molecule has 9 atom stereocenters. The van der Waals surface area contributed by atoms with E-state index in [1.807, 2.05) is 0 Å². The third-order valence-electron chi connectivity index (χ3n) is 4.81. The largest absolute Gasteiger partial charge is 1.00 e. The summed E-state index contributed by atoms with van der Waals surface area (Å²) in [6.45, 7) is 2.22. The molecular weight excluding hydrogens is 389 g/mol. The van der Waals surface area contributed by atoms with Crippen LogP contribution >= 0.6 is 0 Å². The SMILES string of the molecule is CO[C@@H]1OC(CO)[C@@H](O)[C@H](O[C@H]2C[C@@H](O)[C@H](C)C(C(=O)[O-])O2)C1NC(C)=O.[Na+]. The Bertz CT molecular complexity index is 538. The van der Waals surface area contributed by atoms with Gasteiger partial charge in [-0.1, -0.05) is 6.92 Å². The van der Waals surface area contributed by atoms with E-state index in [-0.39, 0.29) is 36.0 Å². The molecule has 0 saturated carbocycles. The Morgan fingerprint density at radius 3 is 2.43 bits per heavy atom. The van der Waals surface area contributed by atoms with Crippen LogP contribution in [-0.2, 0) is 28.5 Å². The van der Waals surface area contributed by atoms with Gasteiger partial charge in [0.05, 0.1) is 18.7 Å². The zero-order chi connectivity index (χ0) is 20.3. The van der Waals surface area contributed by atoms with Crippen LogP contribution in [-0.4, -0.2) is 90.1 Å². The van der Waals surface area contributed by atoms with Crippen LogP contribution in [0.1, 0.15) is 20.3 Å². The second-order valence-electron chi connectivity index (χ2n) is 6.75. The maximum Gasteiger partial charge on any atom is 1.00 e. The first-order valence-electron chi connectivity index (χ1n) is 8.63. The van der Waals surface area contributed by atoms with Crippen LogP contribution in [0.2, 0.25) is 0 Å². The van der Waals surface area contributed by atoms with Crippen molar-refractivity contribution in [2.45, 2.75) is 69.4 Å². The first kappa shape index (κ1) is 25.7. The van der Waals surface area contributed by atoms with Crippen molar-refractivity contribution in [2.24, 2.45) is 5.92 Å². The van der Waals surface area contributed by atoms with Crippen LogP contribution in [0.3, 0.4) is 0 Å². The third-order valence-corrected chi connectivity index (χ3v) is 4.81. The molecule has 2 saturated heterocycles. The Kier molecular flexibility index (Phi) is 10.2. The molecule has 28 heavy (non-hydrogen) atoms. The van der Waals surface area contributed by atoms with Crippen molar-refractivity contribution < 1.29 is 78.5 Å². The number of hydrogen-bond acceptors (Lipinski definition) is 10. The summed E-state index contributed by atoms with van der Waals surface area (Å²) in [6, 6.07) is -0.966. The minimum absolute atomic E-state index is 0. The van der Waals surface area contributed by atoms with E-state index in [1.54, 1.807) is 0 Å². The number of aliphatic hydroxyl groups excluding tert-OH is 3. The Morgan fingerprint density at radius 2 is 1.93 bits per heavy atom. The summed E-state index contributed by atoms with van der Waals surface area (Å²) in [6.07, 6.45) is -8.30. The monoisotopic (exact) mass is 415 g/mol. The number of methoxy groups -OCH3 is 1. The van der Waals surface area contributed by atoms with Crippen molar-refractivity contribution in [3.05, 3.63) is 0 Å². The minimum Gasteiger partial charge on any atom is -0.547 e. The van der Waals surface area contributed by atoms with Gasteiger partial charge in [0.15, 0.2) is 12.6 Å².